The van der Waals surface area contributed by atoms with Gasteiger partial charge in [-0.05, 0) is 24.5 Å². The Balaban J connectivity index is 2.72. The summed E-state index contributed by atoms with van der Waals surface area (Å²) >= 11 is 0. The van der Waals surface area contributed by atoms with Crippen molar-refractivity contribution in [2.45, 2.75) is 34.2 Å². The minimum Gasteiger partial charge on any atom is -0.465 e. The van der Waals surface area contributed by atoms with Gasteiger partial charge >= 0.3 is 5.97 Å². The van der Waals surface area contributed by atoms with E-state index in [1.54, 1.807) is 25.3 Å². The Morgan fingerprint density at radius 1 is 1.40 bits per heavy atom. The molecule has 0 spiro atoms. The lowest BCUT2D eigenvalue weighted by molar-refractivity contribution is -0.156. The lowest BCUT2D eigenvalue weighted by Gasteiger charge is -2.27. The molecule has 0 radical (unpaired) electrons. The van der Waals surface area contributed by atoms with Crippen LogP contribution < -0.4 is 5.32 Å². The van der Waals surface area contributed by atoms with Gasteiger partial charge in [0.1, 0.15) is 5.92 Å². The average molecular weight is 279 g/mol. The predicted octanol–water partition coefficient (Wildman–Crippen LogP) is 1.32. The summed E-state index contributed by atoms with van der Waals surface area (Å²) in [6.45, 7) is 7.69. The van der Waals surface area contributed by atoms with Crippen LogP contribution in [0.1, 0.15) is 33.4 Å². The molecule has 0 aliphatic rings. The zero-order chi connectivity index (χ0) is 15.2. The maximum Gasteiger partial charge on any atom is 0.319 e. The van der Waals surface area contributed by atoms with E-state index in [1.807, 2.05) is 20.8 Å². The number of ether oxygens (including phenoxy) is 1. The van der Waals surface area contributed by atoms with Crippen LogP contribution in [0.5, 0.6) is 0 Å². The summed E-state index contributed by atoms with van der Waals surface area (Å²) in [6, 6.07) is 3.49. The summed E-state index contributed by atoms with van der Waals surface area (Å²) in [5.74, 6) is -1.71. The van der Waals surface area contributed by atoms with E-state index in [0.29, 0.717) is 5.69 Å². The van der Waals surface area contributed by atoms with Crippen molar-refractivity contribution in [3.05, 3.63) is 24.0 Å². The summed E-state index contributed by atoms with van der Waals surface area (Å²) < 4.78 is 4.98. The van der Waals surface area contributed by atoms with Crippen LogP contribution in [0.25, 0.3) is 0 Å². The van der Waals surface area contributed by atoms with E-state index in [2.05, 4.69) is 15.5 Å². The molecule has 0 fully saturated rings. The molecule has 0 aliphatic heterocycles. The van der Waals surface area contributed by atoms with E-state index >= 15 is 0 Å². The number of amides is 1. The third-order valence-electron chi connectivity index (χ3n) is 2.72. The van der Waals surface area contributed by atoms with Crippen molar-refractivity contribution in [2.75, 3.05) is 6.61 Å². The fourth-order valence-corrected chi connectivity index (χ4v) is 1.79. The van der Waals surface area contributed by atoms with Gasteiger partial charge in [0.2, 0.25) is 5.91 Å². The largest absolute Gasteiger partial charge is 0.465 e. The van der Waals surface area contributed by atoms with Gasteiger partial charge in [-0.25, -0.2) is 0 Å². The molecular formula is C14H21N3O3. The van der Waals surface area contributed by atoms with Crippen LogP contribution in [0, 0.1) is 11.3 Å². The van der Waals surface area contributed by atoms with E-state index < -0.39 is 17.3 Å². The van der Waals surface area contributed by atoms with Crippen LogP contribution in [0.15, 0.2) is 18.3 Å². The molecule has 0 aromatic carbocycles. The molecule has 6 nitrogen and oxygen atoms in total. The molecule has 1 amide bonds. The maximum atomic E-state index is 12.2. The summed E-state index contributed by atoms with van der Waals surface area (Å²) in [5, 5.41) is 10.3. The molecule has 0 saturated heterocycles. The summed E-state index contributed by atoms with van der Waals surface area (Å²) in [4.78, 5) is 24.2. The Kier molecular flexibility index (Phi) is 5.61. The maximum absolute atomic E-state index is 12.2. The third kappa shape index (κ3) is 4.60. The van der Waals surface area contributed by atoms with Crippen molar-refractivity contribution in [2.24, 2.45) is 11.3 Å². The minimum absolute atomic E-state index is 0.235. The average Bonchev–Trinajstić information content (AvgIpc) is 2.36. The monoisotopic (exact) mass is 279 g/mol. The van der Waals surface area contributed by atoms with Gasteiger partial charge in [0.15, 0.2) is 0 Å². The lowest BCUT2D eigenvalue weighted by Crippen LogP contribution is -2.43. The van der Waals surface area contributed by atoms with E-state index in [0.717, 1.165) is 0 Å². The first-order chi connectivity index (χ1) is 9.36. The molecule has 1 aromatic heterocycles. The van der Waals surface area contributed by atoms with Gasteiger partial charge in [-0.2, -0.15) is 10.2 Å². The zero-order valence-electron chi connectivity index (χ0n) is 12.3. The van der Waals surface area contributed by atoms with Crippen molar-refractivity contribution in [3.63, 3.8) is 0 Å². The molecule has 1 N–H and O–H groups in total. The number of hydrogen-bond acceptors (Lipinski definition) is 5. The Bertz CT molecular complexity index is 454. The first-order valence-electron chi connectivity index (χ1n) is 6.57. The Hall–Kier alpha value is -1.98. The van der Waals surface area contributed by atoms with E-state index in [4.69, 9.17) is 4.74 Å². The molecule has 0 aliphatic carbocycles. The SMILES string of the molecule is CCOC(=O)C(C(=O)NCc1cccnn1)C(C)(C)C. The molecule has 1 unspecified atom stereocenters. The number of carbonyl (C=O) groups excluding carboxylic acids is 2. The molecule has 20 heavy (non-hydrogen) atoms. The summed E-state index contributed by atoms with van der Waals surface area (Å²) in [6.07, 6.45) is 1.56. The highest BCUT2D eigenvalue weighted by Gasteiger charge is 2.38. The van der Waals surface area contributed by atoms with Gasteiger partial charge in [0.25, 0.3) is 0 Å². The molecule has 1 aromatic rings. The highest BCUT2D eigenvalue weighted by Crippen LogP contribution is 2.27. The van der Waals surface area contributed by atoms with E-state index in [-0.39, 0.29) is 19.1 Å². The molecule has 6 heteroatoms. The van der Waals surface area contributed by atoms with Crippen molar-refractivity contribution in [3.8, 4) is 0 Å². The fraction of sp³-hybridized carbons (Fsp3) is 0.571. The number of nitrogens with zero attached hydrogens (tertiary/aromatic N) is 2. The van der Waals surface area contributed by atoms with Gasteiger partial charge in [-0.15, -0.1) is 0 Å². The van der Waals surface area contributed by atoms with E-state index in [1.165, 1.54) is 0 Å². The van der Waals surface area contributed by atoms with Gasteiger partial charge < -0.3 is 10.1 Å². The second-order valence-electron chi connectivity index (χ2n) is 5.48. The molecule has 110 valence electrons. The molecule has 1 atom stereocenters. The van der Waals surface area contributed by atoms with Crippen LogP contribution in [0.2, 0.25) is 0 Å². The van der Waals surface area contributed by atoms with Crippen LogP contribution in [0.3, 0.4) is 0 Å². The second kappa shape index (κ2) is 6.98. The van der Waals surface area contributed by atoms with Gasteiger partial charge in [-0.1, -0.05) is 20.8 Å². The Morgan fingerprint density at radius 3 is 2.60 bits per heavy atom. The topological polar surface area (TPSA) is 81.2 Å². The fourth-order valence-electron chi connectivity index (χ4n) is 1.79. The van der Waals surface area contributed by atoms with Crippen LogP contribution in [0.4, 0.5) is 0 Å². The Labute approximate surface area is 118 Å². The smallest absolute Gasteiger partial charge is 0.319 e. The summed E-state index contributed by atoms with van der Waals surface area (Å²) in [5.41, 5.74) is 0.121. The highest BCUT2D eigenvalue weighted by molar-refractivity contribution is 5.98. The molecular weight excluding hydrogens is 258 g/mol. The van der Waals surface area contributed by atoms with Gasteiger partial charge in [0, 0.05) is 6.20 Å². The number of nitrogens with one attached hydrogen (secondary N) is 1. The van der Waals surface area contributed by atoms with Crippen molar-refractivity contribution < 1.29 is 14.3 Å². The number of aromatic nitrogens is 2. The van der Waals surface area contributed by atoms with Crippen molar-refractivity contribution >= 4 is 11.9 Å². The normalized spacial score (nSPS) is 12.6. The van der Waals surface area contributed by atoms with Crippen molar-refractivity contribution in [1.82, 2.24) is 15.5 Å². The molecule has 0 saturated carbocycles. The zero-order valence-corrected chi connectivity index (χ0v) is 12.3. The van der Waals surface area contributed by atoms with E-state index in [9.17, 15) is 9.59 Å². The number of esters is 1. The number of rotatable bonds is 5. The minimum atomic E-state index is -0.848. The number of hydrogen-bond donors (Lipinski definition) is 1. The van der Waals surface area contributed by atoms with Gasteiger partial charge in [0.05, 0.1) is 18.8 Å². The Morgan fingerprint density at radius 2 is 2.10 bits per heavy atom. The molecule has 1 heterocycles. The molecule has 0 bridgehead atoms. The lowest BCUT2D eigenvalue weighted by atomic mass is 9.80. The van der Waals surface area contributed by atoms with Crippen molar-refractivity contribution in [1.29, 1.82) is 0 Å². The van der Waals surface area contributed by atoms with Crippen LogP contribution in [-0.2, 0) is 20.9 Å². The first-order valence-corrected chi connectivity index (χ1v) is 6.57. The highest BCUT2D eigenvalue weighted by atomic mass is 16.5. The van der Waals surface area contributed by atoms with Gasteiger partial charge in [-0.3, -0.25) is 9.59 Å². The van der Waals surface area contributed by atoms with Crippen LogP contribution in [-0.4, -0.2) is 28.7 Å². The summed E-state index contributed by atoms with van der Waals surface area (Å²) in [7, 11) is 0. The molecule has 1 rings (SSSR count). The second-order valence-corrected chi connectivity index (χ2v) is 5.48. The van der Waals surface area contributed by atoms with Crippen LogP contribution >= 0.6 is 0 Å². The number of carbonyl (C=O) groups is 2. The standard InChI is InChI=1S/C14H21N3O3/c1-5-20-13(19)11(14(2,3)4)12(18)15-9-10-7-6-8-16-17-10/h6-8,11H,5,9H2,1-4H3,(H,15,18). The predicted molar refractivity (Wildman–Crippen MR) is 73.5 cm³/mol. The third-order valence-corrected chi connectivity index (χ3v) is 2.72. The first kappa shape index (κ1) is 16.1. The quantitative estimate of drug-likeness (QED) is 0.649.